The number of carbonyl (C=O) groups excluding carboxylic acids is 2. The number of ether oxygens (including phenoxy) is 1. The van der Waals surface area contributed by atoms with E-state index in [0.29, 0.717) is 17.5 Å². The number of hydrogen-bond acceptors (Lipinski definition) is 6. The molecule has 1 aromatic carbocycles. The van der Waals surface area contributed by atoms with Gasteiger partial charge in [-0.1, -0.05) is 26.7 Å². The number of rotatable bonds is 6. The molecule has 8 heteroatoms. The molecule has 0 saturated heterocycles. The van der Waals surface area contributed by atoms with Crippen LogP contribution in [0.4, 0.5) is 11.4 Å². The van der Waals surface area contributed by atoms with Crippen molar-refractivity contribution in [1.29, 1.82) is 0 Å². The van der Waals surface area contributed by atoms with E-state index in [2.05, 4.69) is 24.5 Å². The highest BCUT2D eigenvalue weighted by Crippen LogP contribution is 2.29. The van der Waals surface area contributed by atoms with E-state index in [9.17, 15) is 19.7 Å². The maximum atomic E-state index is 12.4. The Hall–Kier alpha value is -2.64. The highest BCUT2D eigenvalue weighted by molar-refractivity contribution is 5.93. The molecule has 27 heavy (non-hydrogen) atoms. The molecular formula is C19H27N3O5. The Balaban J connectivity index is 2.01. The first kappa shape index (κ1) is 20.7. The van der Waals surface area contributed by atoms with Crippen LogP contribution in [0, 0.1) is 22.0 Å². The average Bonchev–Trinajstić information content (AvgIpc) is 2.64. The Morgan fingerprint density at radius 1 is 1.30 bits per heavy atom. The van der Waals surface area contributed by atoms with Gasteiger partial charge in [-0.25, -0.2) is 4.79 Å². The second-order valence-electron chi connectivity index (χ2n) is 7.17. The van der Waals surface area contributed by atoms with Gasteiger partial charge in [-0.3, -0.25) is 14.9 Å². The number of esters is 1. The van der Waals surface area contributed by atoms with Crippen molar-refractivity contribution in [1.82, 2.24) is 5.32 Å². The van der Waals surface area contributed by atoms with Crippen LogP contribution >= 0.6 is 0 Å². The summed E-state index contributed by atoms with van der Waals surface area (Å²) in [5, 5.41) is 16.8. The lowest BCUT2D eigenvalue weighted by Crippen LogP contribution is -2.47. The highest BCUT2D eigenvalue weighted by Gasteiger charge is 2.30. The SMILES string of the molecule is CNc1ccc(C(=O)O[C@H](C)C(=O)N[C@H]2CCC[C@@H](C)[C@H]2C)cc1[N+](=O)[O-]. The molecular weight excluding hydrogens is 350 g/mol. The number of anilines is 1. The Morgan fingerprint density at radius 2 is 2.00 bits per heavy atom. The smallest absolute Gasteiger partial charge is 0.339 e. The Labute approximate surface area is 158 Å². The van der Waals surface area contributed by atoms with Crippen molar-refractivity contribution in [2.45, 2.75) is 52.2 Å². The molecule has 1 aliphatic carbocycles. The Kier molecular flexibility index (Phi) is 6.76. The summed E-state index contributed by atoms with van der Waals surface area (Å²) in [5.74, 6) is -0.223. The summed E-state index contributed by atoms with van der Waals surface area (Å²) < 4.78 is 5.22. The van der Waals surface area contributed by atoms with Gasteiger partial charge >= 0.3 is 5.97 Å². The van der Waals surface area contributed by atoms with Crippen molar-refractivity contribution in [3.8, 4) is 0 Å². The molecule has 0 unspecified atom stereocenters. The van der Waals surface area contributed by atoms with Crippen LogP contribution in [0.2, 0.25) is 0 Å². The standard InChI is InChI=1S/C19H27N3O5/c1-11-6-5-7-15(12(11)2)21-18(23)13(3)27-19(24)14-8-9-16(20-4)17(10-14)22(25)26/h8-13,15,20H,5-7H2,1-4H3,(H,21,23)/t11-,12-,13-,15+/m1/s1. The van der Waals surface area contributed by atoms with Crippen molar-refractivity contribution >= 4 is 23.3 Å². The third kappa shape index (κ3) is 4.96. The van der Waals surface area contributed by atoms with Crippen molar-refractivity contribution < 1.29 is 19.2 Å². The van der Waals surface area contributed by atoms with Crippen LogP contribution in [0.15, 0.2) is 18.2 Å². The molecule has 0 aliphatic heterocycles. The summed E-state index contributed by atoms with van der Waals surface area (Å²) in [5.41, 5.74) is 0.0943. The predicted molar refractivity (Wildman–Crippen MR) is 102 cm³/mol. The minimum absolute atomic E-state index is 0.0278. The monoisotopic (exact) mass is 377 g/mol. The summed E-state index contributed by atoms with van der Waals surface area (Å²) >= 11 is 0. The quantitative estimate of drug-likeness (QED) is 0.448. The van der Waals surface area contributed by atoms with Gasteiger partial charge in [-0.05, 0) is 37.3 Å². The fourth-order valence-electron chi connectivity index (χ4n) is 3.39. The molecule has 1 saturated carbocycles. The maximum Gasteiger partial charge on any atom is 0.339 e. The van der Waals surface area contributed by atoms with E-state index < -0.39 is 17.0 Å². The minimum Gasteiger partial charge on any atom is -0.449 e. The fourth-order valence-corrected chi connectivity index (χ4v) is 3.39. The molecule has 1 aromatic rings. The van der Waals surface area contributed by atoms with E-state index in [1.807, 2.05) is 0 Å². The van der Waals surface area contributed by atoms with Crippen molar-refractivity contribution in [3.63, 3.8) is 0 Å². The van der Waals surface area contributed by atoms with E-state index in [1.165, 1.54) is 19.1 Å². The van der Waals surface area contributed by atoms with Gasteiger partial charge in [-0.2, -0.15) is 0 Å². The molecule has 0 spiro atoms. The second-order valence-corrected chi connectivity index (χ2v) is 7.17. The van der Waals surface area contributed by atoms with Crippen LogP contribution in [0.25, 0.3) is 0 Å². The number of nitro benzene ring substituents is 1. The maximum absolute atomic E-state index is 12.4. The summed E-state index contributed by atoms with van der Waals surface area (Å²) in [7, 11) is 1.56. The second kappa shape index (κ2) is 8.83. The molecule has 1 aliphatic rings. The normalized spacial score (nSPS) is 23.2. The first-order valence-corrected chi connectivity index (χ1v) is 9.22. The Morgan fingerprint density at radius 3 is 2.63 bits per heavy atom. The molecule has 0 bridgehead atoms. The van der Waals surface area contributed by atoms with Gasteiger partial charge in [0.1, 0.15) is 5.69 Å². The zero-order valence-corrected chi connectivity index (χ0v) is 16.2. The van der Waals surface area contributed by atoms with Crippen LogP contribution in [0.1, 0.15) is 50.4 Å². The molecule has 1 fully saturated rings. The summed E-state index contributed by atoms with van der Waals surface area (Å²) in [6.07, 6.45) is 2.14. The van der Waals surface area contributed by atoms with Gasteiger partial charge in [0.05, 0.1) is 10.5 Å². The van der Waals surface area contributed by atoms with Gasteiger partial charge in [0.15, 0.2) is 6.10 Å². The average molecular weight is 377 g/mol. The Bertz CT molecular complexity index is 721. The number of amides is 1. The number of nitrogens with zero attached hydrogens (tertiary/aromatic N) is 1. The lowest BCUT2D eigenvalue weighted by molar-refractivity contribution is -0.384. The van der Waals surface area contributed by atoms with Gasteiger partial charge in [0.2, 0.25) is 0 Å². The topological polar surface area (TPSA) is 111 Å². The summed E-state index contributed by atoms with van der Waals surface area (Å²) in [6, 6.07) is 4.07. The number of hydrogen-bond donors (Lipinski definition) is 2. The molecule has 1 amide bonds. The van der Waals surface area contributed by atoms with E-state index in [-0.39, 0.29) is 23.2 Å². The predicted octanol–water partition coefficient (Wildman–Crippen LogP) is 3.12. The molecule has 2 rings (SSSR count). The van der Waals surface area contributed by atoms with E-state index in [4.69, 9.17) is 4.74 Å². The van der Waals surface area contributed by atoms with Crippen LogP contribution in [-0.2, 0) is 9.53 Å². The number of nitrogens with one attached hydrogen (secondary N) is 2. The van der Waals surface area contributed by atoms with Gasteiger partial charge in [0, 0.05) is 19.2 Å². The molecule has 0 heterocycles. The van der Waals surface area contributed by atoms with Crippen LogP contribution in [0.5, 0.6) is 0 Å². The third-order valence-corrected chi connectivity index (χ3v) is 5.39. The zero-order valence-electron chi connectivity index (χ0n) is 16.2. The van der Waals surface area contributed by atoms with Crippen LogP contribution < -0.4 is 10.6 Å². The number of nitro groups is 1. The molecule has 0 radical (unpaired) electrons. The third-order valence-electron chi connectivity index (χ3n) is 5.39. The number of carbonyl (C=O) groups is 2. The molecule has 8 nitrogen and oxygen atoms in total. The summed E-state index contributed by atoms with van der Waals surface area (Å²) in [6.45, 7) is 5.79. The molecule has 4 atom stereocenters. The van der Waals surface area contributed by atoms with Gasteiger partial charge in [-0.15, -0.1) is 0 Å². The van der Waals surface area contributed by atoms with E-state index in [1.54, 1.807) is 7.05 Å². The fraction of sp³-hybridized carbons (Fsp3) is 0.579. The van der Waals surface area contributed by atoms with E-state index in [0.717, 1.165) is 25.3 Å². The first-order valence-electron chi connectivity index (χ1n) is 9.22. The zero-order chi connectivity index (χ0) is 20.1. The molecule has 148 valence electrons. The van der Waals surface area contributed by atoms with Crippen LogP contribution in [0.3, 0.4) is 0 Å². The lowest BCUT2D eigenvalue weighted by Gasteiger charge is -2.35. The van der Waals surface area contributed by atoms with Crippen molar-refractivity contribution in [2.24, 2.45) is 11.8 Å². The van der Waals surface area contributed by atoms with E-state index >= 15 is 0 Å². The first-order chi connectivity index (χ1) is 12.7. The largest absolute Gasteiger partial charge is 0.449 e. The highest BCUT2D eigenvalue weighted by atomic mass is 16.6. The summed E-state index contributed by atoms with van der Waals surface area (Å²) in [4.78, 5) is 35.2. The van der Waals surface area contributed by atoms with Crippen LogP contribution in [-0.4, -0.2) is 36.0 Å². The molecule has 2 N–H and O–H groups in total. The van der Waals surface area contributed by atoms with Gasteiger partial charge < -0.3 is 15.4 Å². The van der Waals surface area contributed by atoms with Crippen molar-refractivity contribution in [2.75, 3.05) is 12.4 Å². The van der Waals surface area contributed by atoms with Crippen molar-refractivity contribution in [3.05, 3.63) is 33.9 Å². The molecule has 0 aromatic heterocycles. The van der Waals surface area contributed by atoms with Gasteiger partial charge in [0.25, 0.3) is 11.6 Å². The number of benzene rings is 1. The minimum atomic E-state index is -0.982. The lowest BCUT2D eigenvalue weighted by atomic mass is 9.78.